The molecule has 0 unspecified atom stereocenters. The number of rotatable bonds is 5. The maximum Gasteiger partial charge on any atom is 0.329 e. The molecule has 13 heavy (non-hydrogen) atoms. The van der Waals surface area contributed by atoms with Gasteiger partial charge in [0.1, 0.15) is 6.61 Å². The van der Waals surface area contributed by atoms with Gasteiger partial charge in [0, 0.05) is 12.7 Å². The number of hydrogen-bond acceptors (Lipinski definition) is 3. The summed E-state index contributed by atoms with van der Waals surface area (Å²) >= 11 is 0. The lowest BCUT2D eigenvalue weighted by molar-refractivity contribution is -0.142. The van der Waals surface area contributed by atoms with Crippen molar-refractivity contribution >= 4 is 5.97 Å². The van der Waals surface area contributed by atoms with Crippen LogP contribution in [0.1, 0.15) is 12.6 Å². The maximum absolute atomic E-state index is 10.1. The largest absolute Gasteiger partial charge is 0.480 e. The van der Waals surface area contributed by atoms with Gasteiger partial charge < -0.3 is 9.84 Å². The average molecular weight is 184 g/mol. The molecule has 0 aliphatic heterocycles. The third kappa shape index (κ3) is 2.87. The topological polar surface area (TPSA) is 64.4 Å². The summed E-state index contributed by atoms with van der Waals surface area (Å²) in [6, 6.07) is 1.81. The third-order valence-electron chi connectivity index (χ3n) is 1.58. The van der Waals surface area contributed by atoms with Crippen LogP contribution in [0.25, 0.3) is 0 Å². The van der Waals surface area contributed by atoms with E-state index in [1.807, 2.05) is 13.0 Å². The molecule has 72 valence electrons. The molecule has 1 aromatic rings. The van der Waals surface area contributed by atoms with Crippen LogP contribution in [0.5, 0.6) is 0 Å². The van der Waals surface area contributed by atoms with Crippen molar-refractivity contribution in [2.75, 3.05) is 6.61 Å². The number of aromatic nitrogens is 2. The van der Waals surface area contributed by atoms with Gasteiger partial charge in [-0.05, 0) is 13.0 Å². The standard InChI is InChI=1S/C8H12N2O3/c1-2-10-7(3-4-9-10)5-13-6-8(11)12/h3-4H,2,5-6H2,1H3,(H,11,12). The van der Waals surface area contributed by atoms with E-state index in [0.29, 0.717) is 6.61 Å². The fraction of sp³-hybridized carbons (Fsp3) is 0.500. The van der Waals surface area contributed by atoms with Gasteiger partial charge in [-0.2, -0.15) is 5.10 Å². The highest BCUT2D eigenvalue weighted by molar-refractivity contribution is 5.67. The van der Waals surface area contributed by atoms with Crippen molar-refractivity contribution in [2.45, 2.75) is 20.1 Å². The zero-order chi connectivity index (χ0) is 9.68. The number of carboxylic acid groups (broad SMARTS) is 1. The normalized spacial score (nSPS) is 10.2. The average Bonchev–Trinajstić information content (AvgIpc) is 2.51. The van der Waals surface area contributed by atoms with Crippen molar-refractivity contribution in [3.63, 3.8) is 0 Å². The zero-order valence-electron chi connectivity index (χ0n) is 7.43. The van der Waals surface area contributed by atoms with Gasteiger partial charge in [-0.25, -0.2) is 4.79 Å². The van der Waals surface area contributed by atoms with E-state index in [-0.39, 0.29) is 6.61 Å². The Morgan fingerprint density at radius 2 is 2.54 bits per heavy atom. The first-order valence-electron chi connectivity index (χ1n) is 4.04. The summed E-state index contributed by atoms with van der Waals surface area (Å²) < 4.78 is 6.69. The fourth-order valence-corrected chi connectivity index (χ4v) is 1.01. The highest BCUT2D eigenvalue weighted by Crippen LogP contribution is 2.00. The Balaban J connectivity index is 2.40. The quantitative estimate of drug-likeness (QED) is 0.723. The van der Waals surface area contributed by atoms with Gasteiger partial charge >= 0.3 is 5.97 Å². The molecule has 0 fully saturated rings. The number of nitrogens with zero attached hydrogens (tertiary/aromatic N) is 2. The molecule has 0 atom stereocenters. The van der Waals surface area contributed by atoms with Crippen LogP contribution in [-0.4, -0.2) is 27.5 Å². The Labute approximate surface area is 75.9 Å². The molecule has 0 aliphatic carbocycles. The summed E-state index contributed by atoms with van der Waals surface area (Å²) in [7, 11) is 0. The predicted molar refractivity (Wildman–Crippen MR) is 45.2 cm³/mol. The number of ether oxygens (including phenoxy) is 1. The lowest BCUT2D eigenvalue weighted by Crippen LogP contribution is -2.09. The van der Waals surface area contributed by atoms with E-state index in [2.05, 4.69) is 5.10 Å². The first-order chi connectivity index (χ1) is 6.24. The molecule has 5 nitrogen and oxygen atoms in total. The van der Waals surface area contributed by atoms with E-state index in [9.17, 15) is 4.79 Å². The van der Waals surface area contributed by atoms with E-state index in [0.717, 1.165) is 12.2 Å². The minimum atomic E-state index is -0.956. The maximum atomic E-state index is 10.1. The Bertz CT molecular complexity index is 283. The van der Waals surface area contributed by atoms with Crippen molar-refractivity contribution in [3.05, 3.63) is 18.0 Å². The first-order valence-corrected chi connectivity index (χ1v) is 4.04. The summed E-state index contributed by atoms with van der Waals surface area (Å²) in [5.74, 6) is -0.956. The fourth-order valence-electron chi connectivity index (χ4n) is 1.01. The molecule has 0 bridgehead atoms. The second-order valence-electron chi connectivity index (χ2n) is 2.52. The van der Waals surface area contributed by atoms with Crippen molar-refractivity contribution < 1.29 is 14.6 Å². The highest BCUT2D eigenvalue weighted by Gasteiger charge is 2.01. The van der Waals surface area contributed by atoms with Crippen LogP contribution in [0, 0.1) is 0 Å². The Morgan fingerprint density at radius 3 is 3.15 bits per heavy atom. The van der Waals surface area contributed by atoms with Gasteiger partial charge in [-0.3, -0.25) is 4.68 Å². The van der Waals surface area contributed by atoms with Crippen molar-refractivity contribution in [2.24, 2.45) is 0 Å². The van der Waals surface area contributed by atoms with Crippen LogP contribution in [0.3, 0.4) is 0 Å². The van der Waals surface area contributed by atoms with Crippen LogP contribution < -0.4 is 0 Å². The summed E-state index contributed by atoms with van der Waals surface area (Å²) in [6.07, 6.45) is 1.67. The van der Waals surface area contributed by atoms with Crippen molar-refractivity contribution in [1.29, 1.82) is 0 Å². The number of carboxylic acids is 1. The number of aliphatic carboxylic acids is 1. The second kappa shape index (κ2) is 4.61. The van der Waals surface area contributed by atoms with Gasteiger partial charge in [0.2, 0.25) is 0 Å². The van der Waals surface area contributed by atoms with Gasteiger partial charge in [0.05, 0.1) is 12.3 Å². The Hall–Kier alpha value is -1.36. The molecule has 1 rings (SSSR count). The zero-order valence-corrected chi connectivity index (χ0v) is 7.43. The molecule has 1 heterocycles. The van der Waals surface area contributed by atoms with Crippen LogP contribution in [0.4, 0.5) is 0 Å². The van der Waals surface area contributed by atoms with Crippen molar-refractivity contribution in [3.8, 4) is 0 Å². The van der Waals surface area contributed by atoms with Crippen LogP contribution in [0.15, 0.2) is 12.3 Å². The van der Waals surface area contributed by atoms with E-state index in [4.69, 9.17) is 9.84 Å². The van der Waals surface area contributed by atoms with Crippen LogP contribution in [-0.2, 0) is 22.7 Å². The number of carbonyl (C=O) groups is 1. The molecule has 1 aromatic heterocycles. The first kappa shape index (κ1) is 9.73. The van der Waals surface area contributed by atoms with E-state index in [1.165, 1.54) is 0 Å². The number of aryl methyl sites for hydroxylation is 1. The lowest BCUT2D eigenvalue weighted by Gasteiger charge is -2.03. The number of hydrogen-bond donors (Lipinski definition) is 1. The molecule has 0 aromatic carbocycles. The van der Waals surface area contributed by atoms with Gasteiger partial charge in [-0.1, -0.05) is 0 Å². The SMILES string of the molecule is CCn1nccc1COCC(=O)O. The summed E-state index contributed by atoms with van der Waals surface area (Å²) in [5, 5.41) is 12.3. The van der Waals surface area contributed by atoms with E-state index in [1.54, 1.807) is 10.9 Å². The Kier molecular flexibility index (Phi) is 3.45. The van der Waals surface area contributed by atoms with Crippen LogP contribution >= 0.6 is 0 Å². The van der Waals surface area contributed by atoms with Gasteiger partial charge in [0.15, 0.2) is 0 Å². The molecule has 0 aliphatic rings. The molecular formula is C8H12N2O3. The van der Waals surface area contributed by atoms with Crippen LogP contribution in [0.2, 0.25) is 0 Å². The summed E-state index contributed by atoms with van der Waals surface area (Å²) in [6.45, 7) is 2.75. The molecule has 0 amide bonds. The third-order valence-corrected chi connectivity index (χ3v) is 1.58. The molecule has 0 saturated heterocycles. The minimum Gasteiger partial charge on any atom is -0.480 e. The lowest BCUT2D eigenvalue weighted by atomic mass is 10.4. The Morgan fingerprint density at radius 1 is 1.77 bits per heavy atom. The minimum absolute atomic E-state index is 0.269. The highest BCUT2D eigenvalue weighted by atomic mass is 16.5. The molecular weight excluding hydrogens is 172 g/mol. The summed E-state index contributed by atoms with van der Waals surface area (Å²) in [5.41, 5.74) is 0.892. The monoisotopic (exact) mass is 184 g/mol. The molecule has 0 radical (unpaired) electrons. The van der Waals surface area contributed by atoms with E-state index < -0.39 is 5.97 Å². The molecule has 0 saturated carbocycles. The van der Waals surface area contributed by atoms with E-state index >= 15 is 0 Å². The molecule has 0 spiro atoms. The molecule has 1 N–H and O–H groups in total. The smallest absolute Gasteiger partial charge is 0.329 e. The molecule has 5 heteroatoms. The predicted octanol–water partition coefficient (Wildman–Crippen LogP) is 0.504. The van der Waals surface area contributed by atoms with Gasteiger partial charge in [-0.15, -0.1) is 0 Å². The van der Waals surface area contributed by atoms with Gasteiger partial charge in [0.25, 0.3) is 0 Å². The second-order valence-corrected chi connectivity index (χ2v) is 2.52. The van der Waals surface area contributed by atoms with Crippen molar-refractivity contribution in [1.82, 2.24) is 9.78 Å². The summed E-state index contributed by atoms with van der Waals surface area (Å²) in [4.78, 5) is 10.1.